The minimum atomic E-state index is -0.563. The molecule has 11 nitrogen and oxygen atoms in total. The Hall–Kier alpha value is -5.26. The van der Waals surface area contributed by atoms with Crippen LogP contribution in [0.3, 0.4) is 0 Å². The van der Waals surface area contributed by atoms with Crippen molar-refractivity contribution in [2.75, 3.05) is 73.7 Å². The second kappa shape index (κ2) is 18.0. The molecule has 0 saturated carbocycles. The van der Waals surface area contributed by atoms with Crippen LogP contribution in [-0.2, 0) is 27.4 Å². The predicted octanol–water partition coefficient (Wildman–Crippen LogP) is 5.58. The lowest BCUT2D eigenvalue weighted by atomic mass is 10.0. The van der Waals surface area contributed by atoms with Crippen LogP contribution in [0.4, 0.5) is 22.7 Å². The number of piperazine rings is 2. The van der Waals surface area contributed by atoms with Gasteiger partial charge in [0.1, 0.15) is 11.5 Å². The second-order valence-corrected chi connectivity index (χ2v) is 13.7. The zero-order valence-corrected chi connectivity index (χ0v) is 30.9. The Morgan fingerprint density at radius 3 is 1.42 bits per heavy atom. The molecule has 0 aliphatic carbocycles. The number of anilines is 4. The van der Waals surface area contributed by atoms with Crippen LogP contribution >= 0.6 is 0 Å². The summed E-state index contributed by atoms with van der Waals surface area (Å²) in [5, 5.41) is 0. The van der Waals surface area contributed by atoms with Gasteiger partial charge in [0, 0.05) is 64.5 Å². The van der Waals surface area contributed by atoms with Crippen LogP contribution in [0.15, 0.2) is 97.1 Å². The number of carbonyl (C=O) groups excluding carboxylic acids is 2. The highest BCUT2D eigenvalue weighted by atomic mass is 16.6. The van der Waals surface area contributed by atoms with Gasteiger partial charge >= 0.3 is 11.9 Å². The van der Waals surface area contributed by atoms with E-state index < -0.39 is 11.9 Å². The third-order valence-electron chi connectivity index (χ3n) is 9.91. The van der Waals surface area contributed by atoms with Crippen molar-refractivity contribution in [1.29, 1.82) is 0 Å². The van der Waals surface area contributed by atoms with E-state index in [1.807, 2.05) is 86.6 Å². The van der Waals surface area contributed by atoms with Crippen LogP contribution in [0, 0.1) is 0 Å². The SMILES string of the molecule is CCOc1ccc(N)c(N2CCN(Cc3ccccc3)CC2CC(=O)OC(=O)CC2CN(Cc3ccccc3)CCN2c2cc(OCC)ccc2N)c1. The molecule has 0 spiro atoms. The summed E-state index contributed by atoms with van der Waals surface area (Å²) < 4.78 is 17.2. The number of nitrogens with two attached hydrogens (primary N) is 2. The van der Waals surface area contributed by atoms with Gasteiger partial charge in [-0.2, -0.15) is 0 Å². The Labute approximate surface area is 313 Å². The number of ether oxygens (including phenoxy) is 3. The van der Waals surface area contributed by atoms with E-state index >= 15 is 0 Å². The van der Waals surface area contributed by atoms with Gasteiger partial charge in [0.2, 0.25) is 0 Å². The van der Waals surface area contributed by atoms with Crippen LogP contribution in [0.2, 0.25) is 0 Å². The van der Waals surface area contributed by atoms with E-state index in [1.165, 1.54) is 11.1 Å². The number of rotatable bonds is 14. The molecule has 53 heavy (non-hydrogen) atoms. The van der Waals surface area contributed by atoms with Crippen LogP contribution in [0.1, 0.15) is 37.8 Å². The molecule has 2 atom stereocenters. The topological polar surface area (TPSA) is 127 Å². The Morgan fingerprint density at radius 2 is 1.02 bits per heavy atom. The first kappa shape index (κ1) is 37.5. The van der Waals surface area contributed by atoms with Gasteiger partial charge < -0.3 is 35.5 Å². The molecule has 2 heterocycles. The van der Waals surface area contributed by atoms with Crippen molar-refractivity contribution in [1.82, 2.24) is 9.80 Å². The Morgan fingerprint density at radius 1 is 0.604 bits per heavy atom. The molecule has 4 aromatic rings. The van der Waals surface area contributed by atoms with Crippen molar-refractivity contribution in [3.05, 3.63) is 108 Å². The molecule has 0 bridgehead atoms. The molecule has 0 aromatic heterocycles. The Bertz CT molecular complexity index is 1680. The second-order valence-electron chi connectivity index (χ2n) is 13.7. The highest BCUT2D eigenvalue weighted by Crippen LogP contribution is 2.34. The lowest BCUT2D eigenvalue weighted by molar-refractivity contribution is -0.160. The fourth-order valence-electron chi connectivity index (χ4n) is 7.45. The standard InChI is InChI=1S/C42H52N6O5/c1-3-51-35-15-17-37(43)39(25-35)47-21-19-45(27-31-11-7-5-8-12-31)29-33(47)23-41(49)53-42(50)24-34-30-46(28-32-13-9-6-10-14-32)20-22-48(34)40-26-36(52-4-2)16-18-38(40)44/h5-18,25-26,33-34H,3-4,19-24,27-30,43-44H2,1-2H3. The molecule has 2 fully saturated rings. The first-order valence-corrected chi connectivity index (χ1v) is 18.6. The smallest absolute Gasteiger partial charge is 0.315 e. The van der Waals surface area contributed by atoms with Crippen LogP contribution in [-0.4, -0.2) is 86.3 Å². The van der Waals surface area contributed by atoms with Gasteiger partial charge in [-0.3, -0.25) is 19.4 Å². The van der Waals surface area contributed by atoms with Gasteiger partial charge in [-0.15, -0.1) is 0 Å². The van der Waals surface area contributed by atoms with Crippen molar-refractivity contribution in [2.24, 2.45) is 0 Å². The van der Waals surface area contributed by atoms with E-state index in [0.29, 0.717) is 62.3 Å². The lowest BCUT2D eigenvalue weighted by Gasteiger charge is -2.43. The molecule has 4 N–H and O–H groups in total. The minimum absolute atomic E-state index is 0.0210. The van der Waals surface area contributed by atoms with E-state index in [0.717, 1.165) is 37.6 Å². The maximum atomic E-state index is 13.7. The number of carbonyl (C=O) groups is 2. The summed E-state index contributed by atoms with van der Waals surface area (Å²) in [4.78, 5) is 36.3. The molecule has 6 rings (SSSR count). The molecule has 4 aromatic carbocycles. The number of hydrogen-bond acceptors (Lipinski definition) is 11. The van der Waals surface area contributed by atoms with Crippen molar-refractivity contribution in [3.8, 4) is 11.5 Å². The quantitative estimate of drug-likeness (QED) is 0.0964. The van der Waals surface area contributed by atoms with Gasteiger partial charge in [-0.1, -0.05) is 60.7 Å². The van der Waals surface area contributed by atoms with Crippen LogP contribution < -0.4 is 30.7 Å². The summed E-state index contributed by atoms with van der Waals surface area (Å²) in [5.41, 5.74) is 18.2. The van der Waals surface area contributed by atoms with Crippen LogP contribution in [0.25, 0.3) is 0 Å². The predicted molar refractivity (Wildman–Crippen MR) is 210 cm³/mol. The van der Waals surface area contributed by atoms with Crippen molar-refractivity contribution in [3.63, 3.8) is 0 Å². The molecule has 2 saturated heterocycles. The highest BCUT2D eigenvalue weighted by molar-refractivity contribution is 5.87. The van der Waals surface area contributed by atoms with Crippen molar-refractivity contribution < 1.29 is 23.8 Å². The fraction of sp³-hybridized carbons (Fsp3) is 0.381. The van der Waals surface area contributed by atoms with Gasteiger partial charge in [0.05, 0.1) is 60.9 Å². The van der Waals surface area contributed by atoms with Gasteiger partial charge in [-0.05, 0) is 49.2 Å². The number of nitrogen functional groups attached to an aromatic ring is 2. The summed E-state index contributed by atoms with van der Waals surface area (Å²) >= 11 is 0. The maximum absolute atomic E-state index is 13.7. The summed E-state index contributed by atoms with van der Waals surface area (Å²) in [7, 11) is 0. The molecular weight excluding hydrogens is 668 g/mol. The largest absolute Gasteiger partial charge is 0.494 e. The zero-order chi connectivity index (χ0) is 37.2. The molecule has 0 radical (unpaired) electrons. The van der Waals surface area contributed by atoms with Gasteiger partial charge in [-0.25, -0.2) is 0 Å². The number of hydrogen-bond donors (Lipinski definition) is 2. The van der Waals surface area contributed by atoms with Crippen molar-refractivity contribution >= 4 is 34.7 Å². The van der Waals surface area contributed by atoms with Gasteiger partial charge in [0.25, 0.3) is 0 Å². The fourth-order valence-corrected chi connectivity index (χ4v) is 7.45. The summed E-state index contributed by atoms with van der Waals surface area (Å²) in [6.07, 6.45) is 0.0421. The van der Waals surface area contributed by atoms with E-state index in [-0.39, 0.29) is 24.9 Å². The lowest BCUT2D eigenvalue weighted by Crippen LogP contribution is -2.54. The zero-order valence-electron chi connectivity index (χ0n) is 30.9. The first-order valence-electron chi connectivity index (χ1n) is 18.6. The molecule has 2 aliphatic rings. The summed E-state index contributed by atoms with van der Waals surface area (Å²) in [6, 6.07) is 31.2. The average molecular weight is 721 g/mol. The van der Waals surface area contributed by atoms with Gasteiger partial charge in [0.15, 0.2) is 0 Å². The highest BCUT2D eigenvalue weighted by Gasteiger charge is 2.34. The molecule has 2 unspecified atom stereocenters. The maximum Gasteiger partial charge on any atom is 0.315 e. The monoisotopic (exact) mass is 720 g/mol. The third-order valence-corrected chi connectivity index (χ3v) is 9.91. The third kappa shape index (κ3) is 10.00. The van der Waals surface area contributed by atoms with E-state index in [4.69, 9.17) is 25.7 Å². The molecular formula is C42H52N6O5. The number of esters is 2. The Balaban J connectivity index is 1.18. The van der Waals surface area contributed by atoms with E-state index in [9.17, 15) is 9.59 Å². The van der Waals surface area contributed by atoms with Crippen molar-refractivity contribution in [2.45, 2.75) is 51.9 Å². The molecule has 11 heteroatoms. The van der Waals surface area contributed by atoms with Crippen LogP contribution in [0.5, 0.6) is 11.5 Å². The number of benzene rings is 4. The first-order chi connectivity index (χ1) is 25.8. The Kier molecular flexibility index (Phi) is 12.7. The average Bonchev–Trinajstić information content (AvgIpc) is 3.15. The van der Waals surface area contributed by atoms with E-state index in [2.05, 4.69) is 43.9 Å². The normalized spacial score (nSPS) is 18.1. The summed E-state index contributed by atoms with van der Waals surface area (Å²) in [6.45, 7) is 10.5. The molecule has 280 valence electrons. The molecule has 0 amide bonds. The minimum Gasteiger partial charge on any atom is -0.494 e. The molecule has 2 aliphatic heterocycles. The van der Waals surface area contributed by atoms with E-state index in [1.54, 1.807) is 0 Å². The number of nitrogens with zero attached hydrogens (tertiary/aromatic N) is 4. The summed E-state index contributed by atoms with van der Waals surface area (Å²) in [5.74, 6) is 0.302.